The molecular weight excluding hydrogens is 102 g/mol. The highest BCUT2D eigenvalue weighted by Crippen LogP contribution is 1.92. The quantitative estimate of drug-likeness (QED) is 0.450. The van der Waals surface area contributed by atoms with Crippen LogP contribution in [0.3, 0.4) is 0 Å². The summed E-state index contributed by atoms with van der Waals surface area (Å²) in [5, 5.41) is 0. The summed E-state index contributed by atoms with van der Waals surface area (Å²) in [6.45, 7) is 2.91. The van der Waals surface area contributed by atoms with Crippen molar-refractivity contribution in [2.45, 2.75) is 0 Å². The summed E-state index contributed by atoms with van der Waals surface area (Å²) in [7, 11) is 0. The van der Waals surface area contributed by atoms with E-state index in [1.54, 1.807) is 0 Å². The van der Waals surface area contributed by atoms with Crippen LogP contribution in [0.2, 0.25) is 0 Å². The van der Waals surface area contributed by atoms with Gasteiger partial charge in [-0.25, -0.2) is 4.39 Å². The summed E-state index contributed by atoms with van der Waals surface area (Å²) in [5.41, 5.74) is 1.07. The van der Waals surface area contributed by atoms with Gasteiger partial charge in [0.15, 0.2) is 0 Å². The average molecular weight is 107 g/mol. The van der Waals surface area contributed by atoms with Crippen molar-refractivity contribution in [3.63, 3.8) is 0 Å². The summed E-state index contributed by atoms with van der Waals surface area (Å²) in [6.07, 6.45) is 1.07. The van der Waals surface area contributed by atoms with Gasteiger partial charge in [0.25, 0.3) is 0 Å². The van der Waals surface area contributed by atoms with Crippen molar-refractivity contribution < 1.29 is 4.39 Å². The predicted octanol–water partition coefficient (Wildman–Crippen LogP) is 2.22. The molecule has 0 aliphatic carbocycles. The first-order valence-electron chi connectivity index (χ1n) is 1.38. The normalized spacial score (nSPS) is 9.67. The van der Waals surface area contributed by atoms with Crippen molar-refractivity contribution in [3.05, 3.63) is 24.0 Å². The van der Waals surface area contributed by atoms with Crippen LogP contribution in [0.4, 0.5) is 4.39 Å². The third kappa shape index (κ3) is 3.70. The summed E-state index contributed by atoms with van der Waals surface area (Å²) in [5.74, 6) is -0.523. The molecule has 0 nitrogen and oxygen atoms in total. The Morgan fingerprint density at radius 1 is 1.83 bits per heavy atom. The van der Waals surface area contributed by atoms with Gasteiger partial charge < -0.3 is 0 Å². The van der Waals surface area contributed by atoms with Crippen molar-refractivity contribution in [1.29, 1.82) is 0 Å². The van der Waals surface area contributed by atoms with Crippen LogP contribution in [0, 0.1) is 0 Å². The highest BCUT2D eigenvalue weighted by molar-refractivity contribution is 6.25. The van der Waals surface area contributed by atoms with E-state index in [-0.39, 0.29) is 0 Å². The monoisotopic (exact) mass is 106 g/mol. The Kier molecular flexibility index (Phi) is 2.77. The molecule has 0 aromatic rings. The molecule has 0 fully saturated rings. The van der Waals surface area contributed by atoms with Crippen LogP contribution in [0.15, 0.2) is 24.0 Å². The third-order valence-corrected chi connectivity index (χ3v) is 0.370. The maximum atomic E-state index is 11.3. The fraction of sp³-hybridized carbons (Fsp3) is 0. The zero-order valence-corrected chi connectivity index (χ0v) is 3.87. The second-order valence-electron chi connectivity index (χ2n) is 0.740. The lowest BCUT2D eigenvalue weighted by atomic mass is 10.6. The third-order valence-electron chi connectivity index (χ3n) is 0.244. The Bertz CT molecular complexity index is 75.6. The predicted molar refractivity (Wildman–Crippen MR) is 25.2 cm³/mol. The Labute approximate surface area is 40.9 Å². The largest absolute Gasteiger partial charge is 0.208 e. The molecule has 0 aromatic heterocycles. The van der Waals surface area contributed by atoms with Crippen LogP contribution >= 0.6 is 11.6 Å². The van der Waals surface area contributed by atoms with E-state index in [0.717, 1.165) is 11.6 Å². The van der Waals surface area contributed by atoms with Crippen molar-refractivity contribution in [1.82, 2.24) is 0 Å². The van der Waals surface area contributed by atoms with Gasteiger partial charge in [-0.15, -0.1) is 0 Å². The van der Waals surface area contributed by atoms with Gasteiger partial charge in [0.05, 0.1) is 0 Å². The second kappa shape index (κ2) is 2.91. The fourth-order valence-corrected chi connectivity index (χ4v) is 0.205. The van der Waals surface area contributed by atoms with Gasteiger partial charge in [-0.3, -0.25) is 0 Å². The number of hydrogen-bond acceptors (Lipinski definition) is 0. The highest BCUT2D eigenvalue weighted by atomic mass is 35.5. The molecule has 0 saturated carbocycles. The van der Waals surface area contributed by atoms with Crippen LogP contribution in [0.25, 0.3) is 0 Å². The van der Waals surface area contributed by atoms with E-state index >= 15 is 0 Å². The molecule has 0 radical (unpaired) electrons. The zero-order chi connectivity index (χ0) is 4.99. The lowest BCUT2D eigenvalue weighted by molar-refractivity contribution is 0.672. The fourth-order valence-electron chi connectivity index (χ4n) is 0.0684. The molecule has 0 spiro atoms. The summed E-state index contributed by atoms with van der Waals surface area (Å²) in [6, 6.07) is 0. The highest BCUT2D eigenvalue weighted by Gasteiger charge is 1.71. The van der Waals surface area contributed by atoms with Gasteiger partial charge in [-0.2, -0.15) is 0 Å². The van der Waals surface area contributed by atoms with E-state index in [4.69, 9.17) is 11.6 Å². The number of rotatable bonds is 1. The lowest BCUT2D eigenvalue weighted by Gasteiger charge is -1.69. The Morgan fingerprint density at radius 2 is 2.33 bits per heavy atom. The Morgan fingerprint density at radius 3 is 2.33 bits per heavy atom. The average Bonchev–Trinajstić information content (AvgIpc) is 1.35. The lowest BCUT2D eigenvalue weighted by Crippen LogP contribution is -1.49. The molecule has 6 heavy (non-hydrogen) atoms. The SMILES string of the molecule is C=C(F)C=CCl. The Hall–Kier alpha value is -0.300. The molecule has 0 N–H and O–H groups in total. The maximum Gasteiger partial charge on any atom is 0.116 e. The molecular formula is C4H4ClF. The van der Waals surface area contributed by atoms with Crippen molar-refractivity contribution in [2.75, 3.05) is 0 Å². The smallest absolute Gasteiger partial charge is 0.116 e. The van der Waals surface area contributed by atoms with Gasteiger partial charge in [0.2, 0.25) is 0 Å². The van der Waals surface area contributed by atoms with E-state index in [9.17, 15) is 4.39 Å². The van der Waals surface area contributed by atoms with Crippen molar-refractivity contribution >= 4 is 11.6 Å². The molecule has 0 unspecified atom stereocenters. The molecule has 0 aromatic carbocycles. The minimum absolute atomic E-state index is 0.523. The summed E-state index contributed by atoms with van der Waals surface area (Å²) in [4.78, 5) is 0. The minimum Gasteiger partial charge on any atom is -0.208 e. The van der Waals surface area contributed by atoms with Gasteiger partial charge in [0.1, 0.15) is 5.83 Å². The molecule has 0 saturated heterocycles. The van der Waals surface area contributed by atoms with E-state index < -0.39 is 5.83 Å². The first kappa shape index (κ1) is 5.70. The first-order chi connectivity index (χ1) is 2.77. The zero-order valence-electron chi connectivity index (χ0n) is 3.12. The molecule has 2 heteroatoms. The molecule has 0 amide bonds. The molecule has 0 rings (SSSR count). The van der Waals surface area contributed by atoms with E-state index in [2.05, 4.69) is 6.58 Å². The van der Waals surface area contributed by atoms with Gasteiger partial charge in [-0.05, 0) is 6.08 Å². The van der Waals surface area contributed by atoms with Crippen LogP contribution < -0.4 is 0 Å². The van der Waals surface area contributed by atoms with E-state index in [1.807, 2.05) is 0 Å². The topological polar surface area (TPSA) is 0 Å². The van der Waals surface area contributed by atoms with Crippen LogP contribution in [0.1, 0.15) is 0 Å². The van der Waals surface area contributed by atoms with Crippen LogP contribution in [-0.4, -0.2) is 0 Å². The second-order valence-corrected chi connectivity index (χ2v) is 0.991. The summed E-state index contributed by atoms with van der Waals surface area (Å²) < 4.78 is 11.3. The summed E-state index contributed by atoms with van der Waals surface area (Å²) >= 11 is 4.92. The standard InChI is InChI=1S/C4H4ClF/c1-4(6)2-3-5/h2-3H,1H2. The number of allylic oxidation sites excluding steroid dienone is 2. The molecule has 0 heterocycles. The van der Waals surface area contributed by atoms with Gasteiger partial charge in [-0.1, -0.05) is 18.2 Å². The number of hydrogen-bond donors (Lipinski definition) is 0. The first-order valence-corrected chi connectivity index (χ1v) is 1.82. The Balaban J connectivity index is 3.30. The van der Waals surface area contributed by atoms with Crippen molar-refractivity contribution in [2.24, 2.45) is 0 Å². The van der Waals surface area contributed by atoms with E-state index in [0.29, 0.717) is 0 Å². The van der Waals surface area contributed by atoms with Crippen LogP contribution in [-0.2, 0) is 0 Å². The molecule has 0 bridgehead atoms. The maximum absolute atomic E-state index is 11.3. The van der Waals surface area contributed by atoms with Crippen LogP contribution in [0.5, 0.6) is 0 Å². The van der Waals surface area contributed by atoms with Gasteiger partial charge in [0, 0.05) is 5.54 Å². The van der Waals surface area contributed by atoms with Crippen molar-refractivity contribution in [3.8, 4) is 0 Å². The van der Waals surface area contributed by atoms with E-state index in [1.165, 1.54) is 0 Å². The molecule has 0 aliphatic rings. The number of halogens is 2. The molecule has 0 atom stereocenters. The minimum atomic E-state index is -0.523. The van der Waals surface area contributed by atoms with Gasteiger partial charge >= 0.3 is 0 Å². The molecule has 0 aliphatic heterocycles. The molecule has 34 valence electrons.